The third kappa shape index (κ3) is 3.85. The summed E-state index contributed by atoms with van der Waals surface area (Å²) < 4.78 is 5.34. The number of aromatic nitrogens is 1. The van der Waals surface area contributed by atoms with Crippen molar-refractivity contribution in [3.63, 3.8) is 0 Å². The first-order valence-corrected chi connectivity index (χ1v) is 8.36. The van der Waals surface area contributed by atoms with Gasteiger partial charge in [-0.1, -0.05) is 18.2 Å². The molecule has 1 aliphatic heterocycles. The monoisotopic (exact) mass is 325 g/mol. The van der Waals surface area contributed by atoms with Crippen LogP contribution in [0.3, 0.4) is 0 Å². The summed E-state index contributed by atoms with van der Waals surface area (Å²) in [6, 6.07) is 14.1. The Kier molecular flexibility index (Phi) is 4.99. The Morgan fingerprint density at radius 2 is 2.04 bits per heavy atom. The fourth-order valence-corrected chi connectivity index (χ4v) is 2.93. The topological polar surface area (TPSA) is 54.5 Å². The van der Waals surface area contributed by atoms with Crippen LogP contribution in [-0.2, 0) is 4.74 Å². The summed E-state index contributed by atoms with van der Waals surface area (Å²) in [5.41, 5.74) is 1.65. The SMILES string of the molecule is CC(C)OC(=O)c1cccnc1N1CCC(Nc2ccccc2)C1. The fraction of sp³-hybridized carbons (Fsp3) is 0.368. The van der Waals surface area contributed by atoms with Crippen molar-refractivity contribution in [3.05, 3.63) is 54.2 Å². The number of nitrogens with one attached hydrogen (secondary N) is 1. The lowest BCUT2D eigenvalue weighted by molar-refractivity contribution is 0.0378. The summed E-state index contributed by atoms with van der Waals surface area (Å²) in [4.78, 5) is 18.9. The van der Waals surface area contributed by atoms with Crippen molar-refractivity contribution in [2.75, 3.05) is 23.3 Å². The molecule has 0 aliphatic carbocycles. The van der Waals surface area contributed by atoms with Crippen LogP contribution in [0.1, 0.15) is 30.6 Å². The Balaban J connectivity index is 1.71. The van der Waals surface area contributed by atoms with Gasteiger partial charge in [0.2, 0.25) is 0 Å². The molecule has 1 fully saturated rings. The van der Waals surface area contributed by atoms with Crippen LogP contribution in [0, 0.1) is 0 Å². The number of ether oxygens (including phenoxy) is 1. The van der Waals surface area contributed by atoms with Gasteiger partial charge in [0.05, 0.1) is 6.10 Å². The molecule has 0 radical (unpaired) electrons. The molecule has 1 saturated heterocycles. The predicted octanol–water partition coefficient (Wildman–Crippen LogP) is 3.34. The maximum absolute atomic E-state index is 12.3. The van der Waals surface area contributed by atoms with Gasteiger partial charge in [-0.2, -0.15) is 0 Å². The molecule has 1 atom stereocenters. The molecular weight excluding hydrogens is 302 g/mol. The molecule has 0 amide bonds. The lowest BCUT2D eigenvalue weighted by Crippen LogP contribution is -2.28. The van der Waals surface area contributed by atoms with Gasteiger partial charge in [0.15, 0.2) is 0 Å². The molecule has 5 nitrogen and oxygen atoms in total. The van der Waals surface area contributed by atoms with E-state index in [1.807, 2.05) is 32.0 Å². The Morgan fingerprint density at radius 3 is 2.79 bits per heavy atom. The number of anilines is 2. The van der Waals surface area contributed by atoms with Gasteiger partial charge in [-0.25, -0.2) is 9.78 Å². The van der Waals surface area contributed by atoms with Gasteiger partial charge in [-0.05, 0) is 44.5 Å². The number of carbonyl (C=O) groups is 1. The Labute approximate surface area is 142 Å². The standard InChI is InChI=1S/C19H23N3O2/c1-14(2)24-19(23)17-9-6-11-20-18(17)22-12-10-16(13-22)21-15-7-4-3-5-8-15/h3-9,11,14,16,21H,10,12-13H2,1-2H3. The van der Waals surface area contributed by atoms with Crippen LogP contribution in [0.15, 0.2) is 48.7 Å². The molecule has 1 N–H and O–H groups in total. The van der Waals surface area contributed by atoms with Gasteiger partial charge in [0.25, 0.3) is 0 Å². The Bertz CT molecular complexity index is 688. The number of hydrogen-bond acceptors (Lipinski definition) is 5. The van der Waals surface area contributed by atoms with Gasteiger partial charge < -0.3 is 15.0 Å². The number of carbonyl (C=O) groups excluding carboxylic acids is 1. The minimum absolute atomic E-state index is 0.142. The molecule has 0 spiro atoms. The van der Waals surface area contributed by atoms with Gasteiger partial charge in [0, 0.05) is 31.0 Å². The van der Waals surface area contributed by atoms with E-state index < -0.39 is 0 Å². The van der Waals surface area contributed by atoms with E-state index in [0.29, 0.717) is 17.4 Å². The highest BCUT2D eigenvalue weighted by atomic mass is 16.5. The van der Waals surface area contributed by atoms with Crippen molar-refractivity contribution in [2.24, 2.45) is 0 Å². The normalized spacial score (nSPS) is 17.1. The van der Waals surface area contributed by atoms with Crippen molar-refractivity contribution in [1.82, 2.24) is 4.98 Å². The minimum atomic E-state index is -0.312. The molecule has 5 heteroatoms. The second-order valence-electron chi connectivity index (χ2n) is 6.27. The fourth-order valence-electron chi connectivity index (χ4n) is 2.93. The summed E-state index contributed by atoms with van der Waals surface area (Å²) in [5, 5.41) is 3.54. The summed E-state index contributed by atoms with van der Waals surface area (Å²) in [5.74, 6) is 0.396. The van der Waals surface area contributed by atoms with Crippen molar-refractivity contribution in [1.29, 1.82) is 0 Å². The van der Waals surface area contributed by atoms with Crippen molar-refractivity contribution < 1.29 is 9.53 Å². The first-order chi connectivity index (χ1) is 11.6. The smallest absolute Gasteiger partial charge is 0.342 e. The van der Waals surface area contributed by atoms with E-state index in [-0.39, 0.29) is 12.1 Å². The second kappa shape index (κ2) is 7.34. The third-order valence-corrected chi connectivity index (χ3v) is 3.98. The van der Waals surface area contributed by atoms with E-state index in [1.165, 1.54) is 0 Å². The van der Waals surface area contributed by atoms with Crippen LogP contribution in [0.25, 0.3) is 0 Å². The van der Waals surface area contributed by atoms with Crippen LogP contribution >= 0.6 is 0 Å². The zero-order valence-corrected chi connectivity index (χ0v) is 14.1. The van der Waals surface area contributed by atoms with Crippen molar-refractivity contribution in [2.45, 2.75) is 32.4 Å². The average Bonchev–Trinajstić information content (AvgIpc) is 3.03. The number of benzene rings is 1. The summed E-state index contributed by atoms with van der Waals surface area (Å²) >= 11 is 0. The number of nitrogens with zero attached hydrogens (tertiary/aromatic N) is 2. The summed E-state index contributed by atoms with van der Waals surface area (Å²) in [7, 11) is 0. The molecule has 1 aliphatic rings. The minimum Gasteiger partial charge on any atom is -0.459 e. The molecule has 126 valence electrons. The molecule has 0 saturated carbocycles. The number of hydrogen-bond donors (Lipinski definition) is 1. The lowest BCUT2D eigenvalue weighted by Gasteiger charge is -2.21. The van der Waals surface area contributed by atoms with E-state index in [1.54, 1.807) is 18.3 Å². The maximum atomic E-state index is 12.3. The van der Waals surface area contributed by atoms with E-state index in [0.717, 1.165) is 25.2 Å². The molecule has 24 heavy (non-hydrogen) atoms. The first kappa shape index (κ1) is 16.3. The largest absolute Gasteiger partial charge is 0.459 e. The predicted molar refractivity (Wildman–Crippen MR) is 95.5 cm³/mol. The van der Waals surface area contributed by atoms with Crippen LogP contribution in [0.5, 0.6) is 0 Å². The third-order valence-electron chi connectivity index (χ3n) is 3.98. The molecule has 1 aromatic carbocycles. The molecule has 3 rings (SSSR count). The number of rotatable bonds is 5. The van der Waals surface area contributed by atoms with Crippen LogP contribution < -0.4 is 10.2 Å². The molecule has 2 aromatic rings. The van der Waals surface area contributed by atoms with Gasteiger partial charge in [-0.3, -0.25) is 0 Å². The summed E-state index contributed by atoms with van der Waals surface area (Å²) in [6.07, 6.45) is 2.58. The van der Waals surface area contributed by atoms with Crippen LogP contribution in [0.4, 0.5) is 11.5 Å². The van der Waals surface area contributed by atoms with E-state index >= 15 is 0 Å². The highest BCUT2D eigenvalue weighted by Crippen LogP contribution is 2.24. The molecule has 1 aromatic heterocycles. The van der Waals surface area contributed by atoms with Gasteiger partial charge in [0.1, 0.15) is 11.4 Å². The van der Waals surface area contributed by atoms with Crippen LogP contribution in [-0.4, -0.2) is 36.2 Å². The zero-order chi connectivity index (χ0) is 16.9. The lowest BCUT2D eigenvalue weighted by atomic mass is 10.2. The maximum Gasteiger partial charge on any atom is 0.342 e. The highest BCUT2D eigenvalue weighted by Gasteiger charge is 2.27. The molecule has 2 heterocycles. The Morgan fingerprint density at radius 1 is 1.25 bits per heavy atom. The molecular formula is C19H23N3O2. The van der Waals surface area contributed by atoms with Gasteiger partial charge in [-0.15, -0.1) is 0 Å². The quantitative estimate of drug-likeness (QED) is 0.855. The number of esters is 1. The number of pyridine rings is 1. The Hall–Kier alpha value is -2.56. The number of para-hydroxylation sites is 1. The van der Waals surface area contributed by atoms with Crippen molar-refractivity contribution in [3.8, 4) is 0 Å². The molecule has 1 unspecified atom stereocenters. The second-order valence-corrected chi connectivity index (χ2v) is 6.27. The van der Waals surface area contributed by atoms with Gasteiger partial charge >= 0.3 is 5.97 Å². The molecule has 0 bridgehead atoms. The highest BCUT2D eigenvalue weighted by molar-refractivity contribution is 5.95. The van der Waals surface area contributed by atoms with Crippen LogP contribution in [0.2, 0.25) is 0 Å². The zero-order valence-electron chi connectivity index (χ0n) is 14.1. The summed E-state index contributed by atoms with van der Waals surface area (Å²) in [6.45, 7) is 5.38. The van der Waals surface area contributed by atoms with E-state index in [4.69, 9.17) is 4.74 Å². The van der Waals surface area contributed by atoms with E-state index in [2.05, 4.69) is 27.3 Å². The van der Waals surface area contributed by atoms with E-state index in [9.17, 15) is 4.79 Å². The van der Waals surface area contributed by atoms with Crippen molar-refractivity contribution >= 4 is 17.5 Å². The average molecular weight is 325 g/mol. The first-order valence-electron chi connectivity index (χ1n) is 8.36.